The second-order valence-corrected chi connectivity index (χ2v) is 11.8. The molecule has 0 fully saturated rings. The predicted octanol–water partition coefficient (Wildman–Crippen LogP) is 11.3. The Kier molecular flexibility index (Phi) is 4.75. The fourth-order valence-electron chi connectivity index (χ4n) is 7.59. The van der Waals surface area contributed by atoms with E-state index in [1.54, 1.807) is 0 Å². The van der Waals surface area contributed by atoms with E-state index < -0.39 is 0 Å². The maximum Gasteiger partial charge on any atom is 0.0619 e. The lowest BCUT2D eigenvalue weighted by molar-refractivity contribution is 1.16. The molecule has 2 heteroatoms. The zero-order valence-electron chi connectivity index (χ0n) is 23.9. The summed E-state index contributed by atoms with van der Waals surface area (Å²) in [7, 11) is 0. The molecular formula is C42H26N2. The quantitative estimate of drug-likeness (QED) is 0.200. The molecule has 204 valence electrons. The van der Waals surface area contributed by atoms with Crippen LogP contribution in [0.15, 0.2) is 158 Å². The molecule has 0 saturated carbocycles. The highest BCUT2D eigenvalue weighted by molar-refractivity contribution is 6.26. The molecule has 2 nitrogen and oxygen atoms in total. The first-order valence-electron chi connectivity index (χ1n) is 15.2. The van der Waals surface area contributed by atoms with Crippen LogP contribution in [0.4, 0.5) is 0 Å². The Hall–Kier alpha value is -5.86. The Morgan fingerprint density at radius 3 is 1.52 bits per heavy atom. The molecule has 2 heterocycles. The SMILES string of the molecule is c1ccc(-n2c3cc(-n4c5ccc6ccccc6c5c5ccc6ccccc6c54)ccc3c3c4ccccc4ccc32)cc1. The molecule has 0 atom stereocenters. The third-order valence-corrected chi connectivity index (χ3v) is 9.45. The molecule has 44 heavy (non-hydrogen) atoms. The highest BCUT2D eigenvalue weighted by Gasteiger charge is 2.20. The standard InChI is InChI=1S/C42H26N2/c1-2-13-30(14-3-1)43-37-24-19-27-10-4-7-15-32(27)40(37)35-23-21-31(26-39(35)43)44-38-25-20-28-11-5-8-16-33(28)41(38)36-22-18-29-12-6-9-17-34(29)42(36)44/h1-26H. The molecule has 0 amide bonds. The van der Waals surface area contributed by atoms with Crippen molar-refractivity contribution in [2.24, 2.45) is 0 Å². The van der Waals surface area contributed by atoms with Gasteiger partial charge in [-0.3, -0.25) is 0 Å². The van der Waals surface area contributed by atoms with E-state index in [0.29, 0.717) is 0 Å². The minimum atomic E-state index is 1.16. The Labute approximate surface area is 253 Å². The summed E-state index contributed by atoms with van der Waals surface area (Å²) in [5, 5.41) is 12.8. The molecule has 0 aliphatic heterocycles. The highest BCUT2D eigenvalue weighted by atomic mass is 15.0. The van der Waals surface area contributed by atoms with Gasteiger partial charge in [-0.05, 0) is 63.3 Å². The van der Waals surface area contributed by atoms with Gasteiger partial charge in [-0.2, -0.15) is 0 Å². The van der Waals surface area contributed by atoms with Gasteiger partial charge in [-0.15, -0.1) is 0 Å². The van der Waals surface area contributed by atoms with Crippen LogP contribution in [0.5, 0.6) is 0 Å². The fraction of sp³-hybridized carbons (Fsp3) is 0. The minimum Gasteiger partial charge on any atom is -0.309 e. The van der Waals surface area contributed by atoms with E-state index in [9.17, 15) is 0 Å². The van der Waals surface area contributed by atoms with Crippen LogP contribution in [0.3, 0.4) is 0 Å². The van der Waals surface area contributed by atoms with Crippen molar-refractivity contribution in [1.82, 2.24) is 9.13 Å². The van der Waals surface area contributed by atoms with Crippen LogP contribution in [0, 0.1) is 0 Å². The zero-order chi connectivity index (χ0) is 28.8. The maximum atomic E-state index is 2.49. The molecule has 0 aliphatic carbocycles. The summed E-state index contributed by atoms with van der Waals surface area (Å²) in [5.41, 5.74) is 7.23. The topological polar surface area (TPSA) is 9.86 Å². The van der Waals surface area contributed by atoms with Gasteiger partial charge in [0.15, 0.2) is 0 Å². The zero-order valence-corrected chi connectivity index (χ0v) is 23.9. The first kappa shape index (κ1) is 23.7. The average Bonchev–Trinajstić information content (AvgIpc) is 3.62. The van der Waals surface area contributed by atoms with Crippen LogP contribution in [0.1, 0.15) is 0 Å². The lowest BCUT2D eigenvalue weighted by Gasteiger charge is -2.12. The minimum absolute atomic E-state index is 1.16. The second kappa shape index (κ2) is 8.82. The summed E-state index contributed by atoms with van der Waals surface area (Å²) < 4.78 is 4.92. The third-order valence-electron chi connectivity index (χ3n) is 9.45. The number of nitrogens with zero attached hydrogens (tertiary/aromatic N) is 2. The number of aromatic nitrogens is 2. The molecule has 0 aliphatic rings. The van der Waals surface area contributed by atoms with Crippen LogP contribution in [0.2, 0.25) is 0 Å². The summed E-state index contributed by atoms with van der Waals surface area (Å²) in [5.74, 6) is 0. The van der Waals surface area contributed by atoms with Gasteiger partial charge in [0.05, 0.1) is 22.1 Å². The van der Waals surface area contributed by atoms with E-state index in [4.69, 9.17) is 0 Å². The van der Waals surface area contributed by atoms with Gasteiger partial charge in [-0.1, -0.05) is 121 Å². The Morgan fingerprint density at radius 2 is 0.818 bits per heavy atom. The van der Waals surface area contributed by atoms with Gasteiger partial charge < -0.3 is 9.13 Å². The number of fused-ring (bicyclic) bond motifs is 12. The lowest BCUT2D eigenvalue weighted by Crippen LogP contribution is -1.97. The molecule has 0 unspecified atom stereocenters. The molecule has 0 N–H and O–H groups in total. The Bertz CT molecular complexity index is 2760. The van der Waals surface area contributed by atoms with Crippen molar-refractivity contribution in [3.05, 3.63) is 158 Å². The van der Waals surface area contributed by atoms with Gasteiger partial charge in [0.1, 0.15) is 0 Å². The molecule has 0 spiro atoms. The van der Waals surface area contributed by atoms with Crippen molar-refractivity contribution in [1.29, 1.82) is 0 Å². The van der Waals surface area contributed by atoms with E-state index >= 15 is 0 Å². The van der Waals surface area contributed by atoms with E-state index in [1.807, 2.05) is 0 Å². The van der Waals surface area contributed by atoms with Gasteiger partial charge in [0.2, 0.25) is 0 Å². The molecule has 0 saturated heterocycles. The third kappa shape index (κ3) is 3.14. The molecular weight excluding hydrogens is 532 g/mol. The molecule has 10 aromatic rings. The summed E-state index contributed by atoms with van der Waals surface area (Å²) >= 11 is 0. The van der Waals surface area contributed by atoms with Crippen molar-refractivity contribution in [2.75, 3.05) is 0 Å². The normalized spacial score (nSPS) is 12.1. The molecule has 2 aromatic heterocycles. The smallest absolute Gasteiger partial charge is 0.0619 e. The van der Waals surface area contributed by atoms with Gasteiger partial charge in [-0.25, -0.2) is 0 Å². The van der Waals surface area contributed by atoms with Crippen LogP contribution in [-0.4, -0.2) is 9.13 Å². The molecule has 10 rings (SSSR count). The van der Waals surface area contributed by atoms with Crippen molar-refractivity contribution < 1.29 is 0 Å². The van der Waals surface area contributed by atoms with Crippen LogP contribution in [0.25, 0.3) is 87.3 Å². The maximum absolute atomic E-state index is 2.49. The van der Waals surface area contributed by atoms with Crippen molar-refractivity contribution >= 4 is 75.9 Å². The number of hydrogen-bond acceptors (Lipinski definition) is 0. The predicted molar refractivity (Wildman–Crippen MR) is 188 cm³/mol. The van der Waals surface area contributed by atoms with E-state index in [0.717, 1.165) is 5.69 Å². The van der Waals surface area contributed by atoms with Crippen molar-refractivity contribution in [3.8, 4) is 11.4 Å². The number of rotatable bonds is 2. The van der Waals surface area contributed by atoms with E-state index in [-0.39, 0.29) is 0 Å². The molecule has 0 bridgehead atoms. The summed E-state index contributed by atoms with van der Waals surface area (Å²) in [6.07, 6.45) is 0. The highest BCUT2D eigenvalue weighted by Crippen LogP contribution is 2.42. The van der Waals surface area contributed by atoms with E-state index in [1.165, 1.54) is 81.6 Å². The Balaban J connectivity index is 1.40. The largest absolute Gasteiger partial charge is 0.309 e. The summed E-state index contributed by atoms with van der Waals surface area (Å²) in [6, 6.07) is 57.8. The van der Waals surface area contributed by atoms with Crippen LogP contribution >= 0.6 is 0 Å². The first-order chi connectivity index (χ1) is 21.8. The van der Waals surface area contributed by atoms with Gasteiger partial charge in [0, 0.05) is 38.3 Å². The molecule has 8 aromatic carbocycles. The lowest BCUT2D eigenvalue weighted by atomic mass is 10.0. The van der Waals surface area contributed by atoms with Crippen molar-refractivity contribution in [3.63, 3.8) is 0 Å². The summed E-state index contributed by atoms with van der Waals surface area (Å²) in [6.45, 7) is 0. The Morgan fingerprint density at radius 1 is 0.295 bits per heavy atom. The average molecular weight is 559 g/mol. The number of benzene rings is 8. The second-order valence-electron chi connectivity index (χ2n) is 11.8. The van der Waals surface area contributed by atoms with Gasteiger partial charge in [0.25, 0.3) is 0 Å². The van der Waals surface area contributed by atoms with Gasteiger partial charge >= 0.3 is 0 Å². The summed E-state index contributed by atoms with van der Waals surface area (Å²) in [4.78, 5) is 0. The number of para-hydroxylation sites is 1. The molecule has 0 radical (unpaired) electrons. The van der Waals surface area contributed by atoms with E-state index in [2.05, 4.69) is 167 Å². The first-order valence-corrected chi connectivity index (χ1v) is 15.2. The van der Waals surface area contributed by atoms with Crippen molar-refractivity contribution in [2.45, 2.75) is 0 Å². The number of hydrogen-bond donors (Lipinski definition) is 0. The monoisotopic (exact) mass is 558 g/mol. The van der Waals surface area contributed by atoms with Crippen LogP contribution < -0.4 is 0 Å². The fourth-order valence-corrected chi connectivity index (χ4v) is 7.59. The van der Waals surface area contributed by atoms with Crippen LogP contribution in [-0.2, 0) is 0 Å².